The van der Waals surface area contributed by atoms with Crippen molar-refractivity contribution < 1.29 is 18.9 Å². The van der Waals surface area contributed by atoms with Gasteiger partial charge in [0, 0.05) is 27.5 Å². The fourth-order valence-corrected chi connectivity index (χ4v) is 4.24. The maximum absolute atomic E-state index is 5.68. The van der Waals surface area contributed by atoms with Crippen LogP contribution in [0.4, 0.5) is 22.7 Å². The average Bonchev–Trinajstić information content (AvgIpc) is 3.09. The predicted molar refractivity (Wildman–Crippen MR) is 204 cm³/mol. The third-order valence-corrected chi connectivity index (χ3v) is 6.63. The van der Waals surface area contributed by atoms with Gasteiger partial charge in [-0.3, -0.25) is 0 Å². The van der Waals surface area contributed by atoms with Crippen LogP contribution in [0.5, 0.6) is 34.5 Å². The molecule has 0 amide bonds. The lowest BCUT2D eigenvalue weighted by Crippen LogP contribution is -1.95. The summed E-state index contributed by atoms with van der Waals surface area (Å²) in [5.41, 5.74) is 24.9. The van der Waals surface area contributed by atoms with Crippen LogP contribution in [0.15, 0.2) is 146 Å². The van der Waals surface area contributed by atoms with Crippen LogP contribution < -0.4 is 41.9 Å². The van der Waals surface area contributed by atoms with Crippen LogP contribution in [-0.4, -0.2) is 13.7 Å². The van der Waals surface area contributed by atoms with Crippen molar-refractivity contribution >= 4 is 46.0 Å². The summed E-state index contributed by atoms with van der Waals surface area (Å²) in [5, 5.41) is 1.25. The highest BCUT2D eigenvalue weighted by atomic mass is 35.5. The Kier molecular flexibility index (Phi) is 15.8. The van der Waals surface area contributed by atoms with E-state index in [0.717, 1.165) is 28.7 Å². The van der Waals surface area contributed by atoms with Gasteiger partial charge in [-0.05, 0) is 104 Å². The molecule has 0 aliphatic carbocycles. The van der Waals surface area contributed by atoms with Gasteiger partial charge in [0.05, 0.1) is 25.1 Å². The molecule has 0 spiro atoms. The molecule has 0 aromatic heterocycles. The number of anilines is 4. The van der Waals surface area contributed by atoms with E-state index in [2.05, 4.69) is 0 Å². The summed E-state index contributed by atoms with van der Waals surface area (Å²) in [7, 11) is 1.57. The van der Waals surface area contributed by atoms with Crippen molar-refractivity contribution in [3.05, 3.63) is 156 Å². The summed E-state index contributed by atoms with van der Waals surface area (Å²) in [4.78, 5) is 0. The predicted octanol–water partition coefficient (Wildman–Crippen LogP) is 10.4. The zero-order valence-corrected chi connectivity index (χ0v) is 28.8. The lowest BCUT2D eigenvalue weighted by atomic mass is 10.3. The summed E-state index contributed by atoms with van der Waals surface area (Å²) in [6, 6.07) is 44.3. The van der Waals surface area contributed by atoms with Crippen LogP contribution in [0.2, 0.25) is 10.0 Å². The second-order valence-corrected chi connectivity index (χ2v) is 10.8. The van der Waals surface area contributed by atoms with E-state index < -0.39 is 0 Å². The van der Waals surface area contributed by atoms with Gasteiger partial charge >= 0.3 is 0 Å². The molecule has 0 heterocycles. The first kappa shape index (κ1) is 37.8. The lowest BCUT2D eigenvalue weighted by Gasteiger charge is -2.05. The third kappa shape index (κ3) is 14.3. The highest BCUT2D eigenvalue weighted by molar-refractivity contribution is 6.31. The number of benzene rings is 6. The molecule has 0 aliphatic heterocycles. The van der Waals surface area contributed by atoms with E-state index in [1.807, 2.05) is 110 Å². The summed E-state index contributed by atoms with van der Waals surface area (Å²) in [5.74, 6) is 4.55. The van der Waals surface area contributed by atoms with Crippen molar-refractivity contribution in [1.82, 2.24) is 0 Å². The van der Waals surface area contributed by atoms with E-state index in [4.69, 9.17) is 65.1 Å². The summed E-state index contributed by atoms with van der Waals surface area (Å²) in [6.07, 6.45) is 0. The molecule has 0 aliphatic rings. The number of ether oxygens (including phenoxy) is 4. The second kappa shape index (κ2) is 20.5. The van der Waals surface area contributed by atoms with Gasteiger partial charge in [0.25, 0.3) is 0 Å². The SMILES string of the molecule is CCOc1ccc(Cl)cc1N.COc1ccc(Cl)cc1N.Nc1ccc(Oc2ccccc2)cc1.Nc1cccc(Oc2ccccc2)c1. The monoisotopic (exact) mass is 698 g/mol. The van der Waals surface area contributed by atoms with Gasteiger partial charge in [0.1, 0.15) is 34.5 Å². The van der Waals surface area contributed by atoms with E-state index in [0.29, 0.717) is 45.2 Å². The number of hydrogen-bond acceptors (Lipinski definition) is 8. The largest absolute Gasteiger partial charge is 0.495 e. The molecule has 49 heavy (non-hydrogen) atoms. The standard InChI is InChI=1S/2C12H11NO.C8H10ClNO.C7H8ClNO/c13-10-5-4-8-12(9-10)14-11-6-2-1-3-7-11;13-10-6-8-12(9-7-10)14-11-4-2-1-3-5-11;1-2-11-8-4-3-6(9)5-7(8)10;1-10-7-3-2-5(8)4-6(7)9/h2*1-9H,13H2;3-5H,2,10H2,1H3;2-4H,9H2,1H3. The summed E-state index contributed by atoms with van der Waals surface area (Å²) in [6.45, 7) is 2.53. The molecule has 0 saturated heterocycles. The van der Waals surface area contributed by atoms with Crippen molar-refractivity contribution in [2.75, 3.05) is 36.7 Å². The Bertz CT molecular complexity index is 1830. The quantitative estimate of drug-likeness (QED) is 0.121. The maximum atomic E-state index is 5.68. The molecule has 6 rings (SSSR count). The molecule has 6 aromatic carbocycles. The molecule has 0 saturated carbocycles. The zero-order valence-electron chi connectivity index (χ0n) is 27.3. The maximum Gasteiger partial charge on any atom is 0.142 e. The Morgan fingerprint density at radius 3 is 1.41 bits per heavy atom. The van der Waals surface area contributed by atoms with Crippen LogP contribution in [0, 0.1) is 0 Å². The van der Waals surface area contributed by atoms with Gasteiger partial charge in [-0.25, -0.2) is 0 Å². The molecule has 8 N–H and O–H groups in total. The van der Waals surface area contributed by atoms with Gasteiger partial charge in [0.2, 0.25) is 0 Å². The van der Waals surface area contributed by atoms with Crippen molar-refractivity contribution in [3.63, 3.8) is 0 Å². The number of para-hydroxylation sites is 2. The molecule has 8 nitrogen and oxygen atoms in total. The molecular weight excluding hydrogens is 659 g/mol. The van der Waals surface area contributed by atoms with Gasteiger partial charge < -0.3 is 41.9 Å². The minimum absolute atomic E-state index is 0.565. The first-order valence-electron chi connectivity index (χ1n) is 15.1. The van der Waals surface area contributed by atoms with Gasteiger partial charge in [-0.1, -0.05) is 65.7 Å². The fourth-order valence-electron chi connectivity index (χ4n) is 3.87. The van der Waals surface area contributed by atoms with Crippen molar-refractivity contribution in [3.8, 4) is 34.5 Å². The molecule has 0 radical (unpaired) electrons. The minimum Gasteiger partial charge on any atom is -0.495 e. The van der Waals surface area contributed by atoms with Gasteiger partial charge in [-0.15, -0.1) is 0 Å². The van der Waals surface area contributed by atoms with E-state index in [1.54, 1.807) is 49.6 Å². The number of methoxy groups -OCH3 is 1. The summed E-state index contributed by atoms with van der Waals surface area (Å²) < 4.78 is 21.3. The Labute approximate surface area is 297 Å². The van der Waals surface area contributed by atoms with E-state index in [9.17, 15) is 0 Å². The van der Waals surface area contributed by atoms with Crippen LogP contribution in [0.25, 0.3) is 0 Å². The van der Waals surface area contributed by atoms with Crippen molar-refractivity contribution in [2.45, 2.75) is 6.92 Å². The Balaban J connectivity index is 0.000000179. The molecule has 6 aromatic rings. The smallest absolute Gasteiger partial charge is 0.142 e. The van der Waals surface area contributed by atoms with Crippen LogP contribution in [-0.2, 0) is 0 Å². The van der Waals surface area contributed by atoms with Gasteiger partial charge in [-0.2, -0.15) is 0 Å². The second-order valence-electron chi connectivity index (χ2n) is 9.97. The summed E-state index contributed by atoms with van der Waals surface area (Å²) >= 11 is 11.3. The molecule has 0 unspecified atom stereocenters. The number of hydrogen-bond donors (Lipinski definition) is 4. The average molecular weight is 700 g/mol. The first-order chi connectivity index (χ1) is 23.7. The fraction of sp³-hybridized carbons (Fsp3) is 0.0769. The van der Waals surface area contributed by atoms with Crippen LogP contribution in [0.1, 0.15) is 6.92 Å². The highest BCUT2D eigenvalue weighted by Gasteiger charge is 1.99. The minimum atomic E-state index is 0.565. The first-order valence-corrected chi connectivity index (χ1v) is 15.9. The van der Waals surface area contributed by atoms with Gasteiger partial charge in [0.15, 0.2) is 0 Å². The molecule has 254 valence electrons. The number of nitrogens with two attached hydrogens (primary N) is 4. The Morgan fingerprint density at radius 2 is 0.939 bits per heavy atom. The van der Waals surface area contributed by atoms with E-state index in [1.165, 1.54) is 0 Å². The third-order valence-electron chi connectivity index (χ3n) is 6.16. The number of nitrogen functional groups attached to an aromatic ring is 4. The number of halogens is 2. The van der Waals surface area contributed by atoms with Crippen LogP contribution in [0.3, 0.4) is 0 Å². The normalized spacial score (nSPS) is 9.63. The molecule has 0 fully saturated rings. The lowest BCUT2D eigenvalue weighted by molar-refractivity contribution is 0.342. The molecular formula is C39H40Cl2N4O4. The van der Waals surface area contributed by atoms with E-state index >= 15 is 0 Å². The van der Waals surface area contributed by atoms with Crippen LogP contribution >= 0.6 is 23.2 Å². The van der Waals surface area contributed by atoms with Crippen molar-refractivity contribution in [1.29, 1.82) is 0 Å². The topological polar surface area (TPSA) is 141 Å². The Morgan fingerprint density at radius 1 is 0.469 bits per heavy atom. The Hall–Kier alpha value is -5.70. The molecule has 0 bridgehead atoms. The van der Waals surface area contributed by atoms with Crippen molar-refractivity contribution in [2.24, 2.45) is 0 Å². The van der Waals surface area contributed by atoms with E-state index in [-0.39, 0.29) is 0 Å². The highest BCUT2D eigenvalue weighted by Crippen LogP contribution is 2.26. The zero-order chi connectivity index (χ0) is 35.4. The molecule has 10 heteroatoms. The molecule has 0 atom stereocenters. The number of rotatable bonds is 7.